The van der Waals surface area contributed by atoms with Crippen molar-refractivity contribution >= 4 is 35.0 Å². The van der Waals surface area contributed by atoms with Crippen molar-refractivity contribution in [3.8, 4) is 0 Å². The quantitative estimate of drug-likeness (QED) is 0.546. The summed E-state index contributed by atoms with van der Waals surface area (Å²) in [5.74, 6) is -1.60. The molecular formula is C25H23ClFN5O3. The summed E-state index contributed by atoms with van der Waals surface area (Å²) in [7, 11) is 0. The zero-order valence-corrected chi connectivity index (χ0v) is 19.7. The highest BCUT2D eigenvalue weighted by atomic mass is 35.5. The van der Waals surface area contributed by atoms with Crippen LogP contribution in [-0.2, 0) is 17.9 Å². The van der Waals surface area contributed by atoms with E-state index in [0.717, 1.165) is 18.4 Å². The number of rotatable bonds is 6. The lowest BCUT2D eigenvalue weighted by molar-refractivity contribution is -0.133. The molecule has 2 aromatic carbocycles. The Bertz CT molecular complexity index is 1300. The molecule has 1 unspecified atom stereocenters. The van der Waals surface area contributed by atoms with Crippen LogP contribution in [0.15, 0.2) is 54.9 Å². The molecule has 180 valence electrons. The van der Waals surface area contributed by atoms with Gasteiger partial charge < -0.3 is 20.1 Å². The molecule has 3 amide bonds. The molecule has 1 fully saturated rings. The summed E-state index contributed by atoms with van der Waals surface area (Å²) in [5.41, 5.74) is 0.258. The van der Waals surface area contributed by atoms with Crippen molar-refractivity contribution < 1.29 is 18.8 Å². The van der Waals surface area contributed by atoms with Gasteiger partial charge in [-0.25, -0.2) is 9.37 Å². The zero-order valence-electron chi connectivity index (χ0n) is 18.9. The number of nitrogens with zero attached hydrogens (tertiary/aromatic N) is 3. The minimum Gasteiger partial charge on any atom is -0.350 e. The van der Waals surface area contributed by atoms with Gasteiger partial charge in [-0.3, -0.25) is 14.4 Å². The molecule has 2 heterocycles. The normalized spacial score (nSPS) is 19.3. The number of nitrogens with one attached hydrogen (secondary N) is 2. The first-order valence-corrected chi connectivity index (χ1v) is 11.6. The van der Waals surface area contributed by atoms with Gasteiger partial charge in [-0.1, -0.05) is 23.7 Å². The Morgan fingerprint density at radius 3 is 2.49 bits per heavy atom. The first-order valence-electron chi connectivity index (χ1n) is 11.2. The summed E-state index contributed by atoms with van der Waals surface area (Å²) in [6.45, 7) is 2.08. The number of hydrogen-bond donors (Lipinski definition) is 2. The standard InChI is InChI=1S/C25H23ClFN5O3/c1-25(24(35)28-12-15-2-6-17(27)7-3-15)13-31-14-29-20(21(31)23(34)32(25)19-10-11-19)22(33)30-18-8-4-16(26)5-9-18/h2-9,14,19H,10-13H2,1H3,(H,28,35)(H,30,33). The fourth-order valence-electron chi connectivity index (χ4n) is 4.42. The van der Waals surface area contributed by atoms with E-state index in [9.17, 15) is 18.8 Å². The molecular weight excluding hydrogens is 473 g/mol. The average molecular weight is 496 g/mol. The molecule has 1 aliphatic carbocycles. The lowest BCUT2D eigenvalue weighted by Gasteiger charge is -2.44. The van der Waals surface area contributed by atoms with Gasteiger partial charge >= 0.3 is 0 Å². The molecule has 3 aromatic rings. The molecule has 1 aliphatic heterocycles. The first kappa shape index (κ1) is 23.0. The van der Waals surface area contributed by atoms with Crippen molar-refractivity contribution in [3.05, 3.63) is 82.6 Å². The van der Waals surface area contributed by atoms with E-state index in [1.54, 1.807) is 52.8 Å². The summed E-state index contributed by atoms with van der Waals surface area (Å²) in [5, 5.41) is 6.15. The van der Waals surface area contributed by atoms with Crippen LogP contribution in [0.1, 0.15) is 46.3 Å². The Kier molecular flexibility index (Phi) is 5.80. The van der Waals surface area contributed by atoms with E-state index in [2.05, 4.69) is 15.6 Å². The molecule has 10 heteroatoms. The van der Waals surface area contributed by atoms with Gasteiger partial charge in [0.15, 0.2) is 5.69 Å². The maximum atomic E-state index is 13.7. The molecule has 1 saturated carbocycles. The van der Waals surface area contributed by atoms with Crippen LogP contribution in [0.2, 0.25) is 5.02 Å². The first-order chi connectivity index (χ1) is 16.8. The molecule has 1 atom stereocenters. The molecule has 0 spiro atoms. The zero-order chi connectivity index (χ0) is 24.7. The summed E-state index contributed by atoms with van der Waals surface area (Å²) < 4.78 is 14.8. The van der Waals surface area contributed by atoms with Gasteiger partial charge in [-0.2, -0.15) is 0 Å². The predicted octanol–water partition coefficient (Wildman–Crippen LogP) is 3.62. The maximum Gasteiger partial charge on any atom is 0.276 e. The smallest absolute Gasteiger partial charge is 0.276 e. The Morgan fingerprint density at radius 1 is 1.14 bits per heavy atom. The Morgan fingerprint density at radius 2 is 1.83 bits per heavy atom. The predicted molar refractivity (Wildman–Crippen MR) is 127 cm³/mol. The summed E-state index contributed by atoms with van der Waals surface area (Å²) >= 11 is 5.90. The van der Waals surface area contributed by atoms with Crippen LogP contribution in [0.25, 0.3) is 0 Å². The number of amides is 3. The lowest BCUT2D eigenvalue weighted by Crippen LogP contribution is -2.64. The van der Waals surface area contributed by atoms with Gasteiger partial charge in [0.2, 0.25) is 5.91 Å². The van der Waals surface area contributed by atoms with Gasteiger partial charge in [0.1, 0.15) is 17.1 Å². The Hall–Kier alpha value is -3.72. The van der Waals surface area contributed by atoms with Gasteiger partial charge in [-0.05, 0) is 61.7 Å². The van der Waals surface area contributed by atoms with Crippen LogP contribution in [-0.4, -0.2) is 43.8 Å². The number of fused-ring (bicyclic) bond motifs is 1. The minimum absolute atomic E-state index is 0.00405. The summed E-state index contributed by atoms with van der Waals surface area (Å²) in [6.07, 6.45) is 2.99. The van der Waals surface area contributed by atoms with Gasteiger partial charge in [-0.15, -0.1) is 0 Å². The van der Waals surface area contributed by atoms with Crippen LogP contribution >= 0.6 is 11.6 Å². The fourth-order valence-corrected chi connectivity index (χ4v) is 4.55. The molecule has 2 aliphatic rings. The molecule has 0 saturated heterocycles. The van der Waals surface area contributed by atoms with Crippen LogP contribution in [0.4, 0.5) is 10.1 Å². The molecule has 35 heavy (non-hydrogen) atoms. The van der Waals surface area contributed by atoms with Crippen molar-refractivity contribution in [2.45, 2.75) is 44.4 Å². The van der Waals surface area contributed by atoms with Crippen molar-refractivity contribution in [1.29, 1.82) is 0 Å². The highest BCUT2D eigenvalue weighted by Crippen LogP contribution is 2.39. The highest BCUT2D eigenvalue weighted by Gasteiger charge is 2.53. The van der Waals surface area contributed by atoms with E-state index >= 15 is 0 Å². The number of hydrogen-bond acceptors (Lipinski definition) is 4. The minimum atomic E-state index is -1.17. The van der Waals surface area contributed by atoms with E-state index < -0.39 is 17.4 Å². The number of carbonyl (C=O) groups is 3. The lowest BCUT2D eigenvalue weighted by atomic mass is 9.93. The second kappa shape index (κ2) is 8.81. The van der Waals surface area contributed by atoms with Gasteiger partial charge in [0.25, 0.3) is 11.8 Å². The molecule has 5 rings (SSSR count). The van der Waals surface area contributed by atoms with Crippen LogP contribution in [0, 0.1) is 5.82 Å². The van der Waals surface area contributed by atoms with Crippen molar-refractivity contribution in [1.82, 2.24) is 19.8 Å². The van der Waals surface area contributed by atoms with Gasteiger partial charge in [0.05, 0.1) is 12.9 Å². The van der Waals surface area contributed by atoms with Gasteiger partial charge in [0, 0.05) is 23.3 Å². The number of anilines is 1. The third-order valence-corrected chi connectivity index (χ3v) is 6.61. The third-order valence-electron chi connectivity index (χ3n) is 6.35. The van der Waals surface area contributed by atoms with Crippen molar-refractivity contribution in [2.24, 2.45) is 0 Å². The molecule has 2 N–H and O–H groups in total. The van der Waals surface area contributed by atoms with Crippen LogP contribution < -0.4 is 10.6 Å². The molecule has 1 aromatic heterocycles. The fraction of sp³-hybridized carbons (Fsp3) is 0.280. The van der Waals surface area contributed by atoms with E-state index in [1.165, 1.54) is 18.5 Å². The second-order valence-corrected chi connectivity index (χ2v) is 9.46. The number of halogens is 2. The number of benzene rings is 2. The summed E-state index contributed by atoms with van der Waals surface area (Å²) in [6, 6.07) is 12.4. The Balaban J connectivity index is 1.39. The van der Waals surface area contributed by atoms with Crippen molar-refractivity contribution in [2.75, 3.05) is 5.32 Å². The monoisotopic (exact) mass is 495 g/mol. The molecule has 0 radical (unpaired) electrons. The number of aromatic nitrogens is 2. The summed E-state index contributed by atoms with van der Waals surface area (Å²) in [4.78, 5) is 45.8. The molecule has 0 bridgehead atoms. The number of imidazole rings is 1. The van der Waals surface area contributed by atoms with Crippen molar-refractivity contribution in [3.63, 3.8) is 0 Å². The topological polar surface area (TPSA) is 96.3 Å². The maximum absolute atomic E-state index is 13.7. The third kappa shape index (κ3) is 4.39. The van der Waals surface area contributed by atoms with Crippen LogP contribution in [0.5, 0.6) is 0 Å². The van der Waals surface area contributed by atoms with E-state index in [-0.39, 0.29) is 42.2 Å². The Labute approximate surface area is 206 Å². The van der Waals surface area contributed by atoms with E-state index in [4.69, 9.17) is 11.6 Å². The second-order valence-electron chi connectivity index (χ2n) is 9.02. The van der Waals surface area contributed by atoms with E-state index in [1.807, 2.05) is 0 Å². The molecule has 8 nitrogen and oxygen atoms in total. The number of carbonyl (C=O) groups excluding carboxylic acids is 3. The SMILES string of the molecule is CC1(C(=O)NCc2ccc(F)cc2)Cn2cnc(C(=O)Nc3ccc(Cl)cc3)c2C(=O)N1C1CC1. The largest absolute Gasteiger partial charge is 0.350 e. The highest BCUT2D eigenvalue weighted by molar-refractivity contribution is 6.30. The van der Waals surface area contributed by atoms with E-state index in [0.29, 0.717) is 10.7 Å². The van der Waals surface area contributed by atoms with Crippen LogP contribution in [0.3, 0.4) is 0 Å². The average Bonchev–Trinajstić information content (AvgIpc) is 3.57.